The maximum absolute atomic E-state index is 12.3. The van der Waals surface area contributed by atoms with Crippen molar-refractivity contribution in [3.63, 3.8) is 0 Å². The molecule has 1 amide bonds. The summed E-state index contributed by atoms with van der Waals surface area (Å²) in [5.74, 6) is 1.14. The molecule has 26 heavy (non-hydrogen) atoms. The Morgan fingerprint density at radius 1 is 1.08 bits per heavy atom. The van der Waals surface area contributed by atoms with E-state index >= 15 is 0 Å². The number of ketones is 1. The standard InChI is InChI=1S/C22H25NO3/c1-15-7-8-18(11-16(15)2)20(24)9-10-22(25)23-13-17-12-19-5-3-4-6-21(19)26-14-17/h3-8,11,17H,9-10,12-14H2,1-2H3,(H,23,25). The van der Waals surface area contributed by atoms with Crippen LogP contribution in [0.3, 0.4) is 0 Å². The summed E-state index contributed by atoms with van der Waals surface area (Å²) in [6.45, 7) is 5.19. The average Bonchev–Trinajstić information content (AvgIpc) is 2.66. The molecule has 136 valence electrons. The predicted octanol–water partition coefficient (Wildman–Crippen LogP) is 3.63. The number of aryl methyl sites for hydroxylation is 2. The Morgan fingerprint density at radius 3 is 2.69 bits per heavy atom. The molecule has 3 rings (SSSR count). The molecule has 2 aromatic rings. The second-order valence-electron chi connectivity index (χ2n) is 7.02. The number of Topliss-reactive ketones (excluding diaryl/α,β-unsaturated/α-hetero) is 1. The SMILES string of the molecule is Cc1ccc(C(=O)CCC(=O)NCC2COc3ccccc3C2)cc1C. The van der Waals surface area contributed by atoms with Gasteiger partial charge in [-0.15, -0.1) is 0 Å². The Bertz CT molecular complexity index is 813. The first kappa shape index (κ1) is 18.2. The second-order valence-corrected chi connectivity index (χ2v) is 7.02. The fourth-order valence-corrected chi connectivity index (χ4v) is 3.15. The first-order chi connectivity index (χ1) is 12.5. The fraction of sp³-hybridized carbons (Fsp3) is 0.364. The van der Waals surface area contributed by atoms with Crippen molar-refractivity contribution < 1.29 is 14.3 Å². The summed E-state index contributed by atoms with van der Waals surface area (Å²) in [6, 6.07) is 13.7. The van der Waals surface area contributed by atoms with Crippen LogP contribution in [-0.2, 0) is 11.2 Å². The molecule has 0 spiro atoms. The van der Waals surface area contributed by atoms with Gasteiger partial charge in [-0.2, -0.15) is 0 Å². The summed E-state index contributed by atoms with van der Waals surface area (Å²) in [5.41, 5.74) is 4.12. The zero-order chi connectivity index (χ0) is 18.5. The number of para-hydroxylation sites is 1. The van der Waals surface area contributed by atoms with Crippen LogP contribution < -0.4 is 10.1 Å². The lowest BCUT2D eigenvalue weighted by Gasteiger charge is -2.25. The van der Waals surface area contributed by atoms with Gasteiger partial charge >= 0.3 is 0 Å². The zero-order valence-electron chi connectivity index (χ0n) is 15.4. The summed E-state index contributed by atoms with van der Waals surface area (Å²) >= 11 is 0. The van der Waals surface area contributed by atoms with Crippen molar-refractivity contribution in [2.75, 3.05) is 13.2 Å². The van der Waals surface area contributed by atoms with Crippen LogP contribution in [0.4, 0.5) is 0 Å². The van der Waals surface area contributed by atoms with Gasteiger partial charge in [0.05, 0.1) is 6.61 Å². The number of fused-ring (bicyclic) bond motifs is 1. The van der Waals surface area contributed by atoms with Crippen LogP contribution in [-0.4, -0.2) is 24.8 Å². The molecule has 0 fully saturated rings. The highest BCUT2D eigenvalue weighted by Gasteiger charge is 2.20. The number of carbonyl (C=O) groups excluding carboxylic acids is 2. The molecule has 1 aliphatic heterocycles. The molecule has 1 atom stereocenters. The van der Waals surface area contributed by atoms with E-state index in [1.807, 2.05) is 50.2 Å². The molecular weight excluding hydrogens is 326 g/mol. The van der Waals surface area contributed by atoms with Crippen LogP contribution in [0.25, 0.3) is 0 Å². The summed E-state index contributed by atoms with van der Waals surface area (Å²) < 4.78 is 5.74. The zero-order valence-corrected chi connectivity index (χ0v) is 15.4. The first-order valence-electron chi connectivity index (χ1n) is 9.11. The Labute approximate surface area is 154 Å². The molecule has 4 nitrogen and oxygen atoms in total. The van der Waals surface area contributed by atoms with Crippen molar-refractivity contribution in [1.82, 2.24) is 5.32 Å². The van der Waals surface area contributed by atoms with Gasteiger partial charge in [0.25, 0.3) is 0 Å². The van der Waals surface area contributed by atoms with Gasteiger partial charge in [0, 0.05) is 30.9 Å². The molecule has 1 N–H and O–H groups in total. The molecule has 1 heterocycles. The molecule has 0 saturated heterocycles. The number of amides is 1. The first-order valence-corrected chi connectivity index (χ1v) is 9.11. The Hall–Kier alpha value is -2.62. The van der Waals surface area contributed by atoms with Gasteiger partial charge < -0.3 is 10.1 Å². The van der Waals surface area contributed by atoms with E-state index in [1.54, 1.807) is 0 Å². The van der Waals surface area contributed by atoms with Crippen LogP contribution in [0, 0.1) is 19.8 Å². The minimum absolute atomic E-state index is 0.0122. The minimum Gasteiger partial charge on any atom is -0.493 e. The van der Waals surface area contributed by atoms with Crippen molar-refractivity contribution >= 4 is 11.7 Å². The monoisotopic (exact) mass is 351 g/mol. The molecule has 1 unspecified atom stereocenters. The van der Waals surface area contributed by atoms with Gasteiger partial charge in [0.15, 0.2) is 5.78 Å². The Kier molecular flexibility index (Phi) is 5.71. The smallest absolute Gasteiger partial charge is 0.220 e. The van der Waals surface area contributed by atoms with E-state index in [9.17, 15) is 9.59 Å². The highest BCUT2D eigenvalue weighted by atomic mass is 16.5. The van der Waals surface area contributed by atoms with Crippen LogP contribution in [0.5, 0.6) is 5.75 Å². The topological polar surface area (TPSA) is 55.4 Å². The van der Waals surface area contributed by atoms with E-state index in [0.29, 0.717) is 18.7 Å². The summed E-state index contributed by atoms with van der Waals surface area (Å²) in [4.78, 5) is 24.3. The number of hydrogen-bond donors (Lipinski definition) is 1. The van der Waals surface area contributed by atoms with E-state index in [2.05, 4.69) is 11.4 Å². The number of nitrogens with one attached hydrogen (secondary N) is 1. The van der Waals surface area contributed by atoms with Crippen molar-refractivity contribution in [2.45, 2.75) is 33.1 Å². The number of carbonyl (C=O) groups is 2. The molecule has 2 aromatic carbocycles. The van der Waals surface area contributed by atoms with Crippen LogP contribution in [0.2, 0.25) is 0 Å². The lowest BCUT2D eigenvalue weighted by atomic mass is 9.96. The lowest BCUT2D eigenvalue weighted by molar-refractivity contribution is -0.121. The maximum Gasteiger partial charge on any atom is 0.220 e. The van der Waals surface area contributed by atoms with Crippen LogP contribution >= 0.6 is 0 Å². The average molecular weight is 351 g/mol. The van der Waals surface area contributed by atoms with Gasteiger partial charge in [-0.05, 0) is 49.1 Å². The third-order valence-corrected chi connectivity index (χ3v) is 4.95. The van der Waals surface area contributed by atoms with E-state index in [0.717, 1.165) is 23.3 Å². The Morgan fingerprint density at radius 2 is 1.88 bits per heavy atom. The molecule has 4 heteroatoms. The molecule has 0 radical (unpaired) electrons. The fourth-order valence-electron chi connectivity index (χ4n) is 3.15. The van der Waals surface area contributed by atoms with Crippen LogP contribution in [0.15, 0.2) is 42.5 Å². The van der Waals surface area contributed by atoms with Gasteiger partial charge in [-0.3, -0.25) is 9.59 Å². The molecule has 0 bridgehead atoms. The normalized spacial score (nSPS) is 15.7. The van der Waals surface area contributed by atoms with Crippen molar-refractivity contribution in [3.8, 4) is 5.75 Å². The van der Waals surface area contributed by atoms with E-state index in [-0.39, 0.29) is 30.4 Å². The predicted molar refractivity (Wildman–Crippen MR) is 102 cm³/mol. The largest absolute Gasteiger partial charge is 0.493 e. The Balaban J connectivity index is 1.43. The van der Waals surface area contributed by atoms with E-state index in [1.165, 1.54) is 5.56 Å². The minimum atomic E-state index is -0.0824. The maximum atomic E-state index is 12.3. The summed E-state index contributed by atoms with van der Waals surface area (Å²) in [6.07, 6.45) is 1.35. The van der Waals surface area contributed by atoms with Crippen molar-refractivity contribution in [3.05, 3.63) is 64.7 Å². The summed E-state index contributed by atoms with van der Waals surface area (Å²) in [7, 11) is 0. The number of ether oxygens (including phenoxy) is 1. The van der Waals surface area contributed by atoms with Gasteiger partial charge in [0.2, 0.25) is 5.91 Å². The highest BCUT2D eigenvalue weighted by Crippen LogP contribution is 2.26. The lowest BCUT2D eigenvalue weighted by Crippen LogP contribution is -2.34. The molecule has 1 aliphatic rings. The third kappa shape index (κ3) is 4.51. The van der Waals surface area contributed by atoms with E-state index in [4.69, 9.17) is 4.74 Å². The number of benzene rings is 2. The quantitative estimate of drug-likeness (QED) is 0.809. The second kappa shape index (κ2) is 8.17. The molecule has 0 aromatic heterocycles. The van der Waals surface area contributed by atoms with Gasteiger partial charge in [-0.1, -0.05) is 30.3 Å². The van der Waals surface area contributed by atoms with E-state index < -0.39 is 0 Å². The number of rotatable bonds is 6. The molecule has 0 aliphatic carbocycles. The summed E-state index contributed by atoms with van der Waals surface area (Å²) in [5, 5.41) is 2.94. The highest BCUT2D eigenvalue weighted by molar-refractivity contribution is 5.98. The van der Waals surface area contributed by atoms with Crippen molar-refractivity contribution in [1.29, 1.82) is 0 Å². The van der Waals surface area contributed by atoms with Crippen molar-refractivity contribution in [2.24, 2.45) is 5.92 Å². The third-order valence-electron chi connectivity index (χ3n) is 4.95. The number of hydrogen-bond acceptors (Lipinski definition) is 3. The van der Waals surface area contributed by atoms with Gasteiger partial charge in [0.1, 0.15) is 5.75 Å². The molecular formula is C22H25NO3. The molecule has 0 saturated carbocycles. The van der Waals surface area contributed by atoms with Crippen LogP contribution in [0.1, 0.15) is 39.9 Å². The van der Waals surface area contributed by atoms with Gasteiger partial charge in [-0.25, -0.2) is 0 Å².